The summed E-state index contributed by atoms with van der Waals surface area (Å²) in [6.45, 7) is 0. The average Bonchev–Trinajstić information content (AvgIpc) is 3.55. The van der Waals surface area contributed by atoms with Crippen LogP contribution in [-0.4, -0.2) is 8.66 Å². The van der Waals surface area contributed by atoms with E-state index in [-0.39, 0.29) is 44.0 Å². The molecule has 2 aromatic carbocycles. The molecule has 6 rings (SSSR count). The number of aromatic nitrogens is 2. The van der Waals surface area contributed by atoms with Gasteiger partial charge < -0.3 is 24.8 Å². The number of hydrogen-bond donors (Lipinski definition) is 0. The summed E-state index contributed by atoms with van der Waals surface area (Å²) in [7, 11) is 2.52. The van der Waals surface area contributed by atoms with Gasteiger partial charge in [-0.2, -0.15) is 0 Å². The van der Waals surface area contributed by atoms with Gasteiger partial charge in [-0.15, -0.1) is 0 Å². The predicted molar refractivity (Wildman–Crippen MR) is 121 cm³/mol. The molecule has 0 saturated carbocycles. The van der Waals surface area contributed by atoms with Gasteiger partial charge in [-0.3, -0.25) is 0 Å². The van der Waals surface area contributed by atoms with Crippen molar-refractivity contribution >= 4 is 40.2 Å². The summed E-state index contributed by atoms with van der Waals surface area (Å²) < 4.78 is 5.89. The van der Waals surface area contributed by atoms with Crippen LogP contribution in [0.4, 0.5) is 0 Å². The molecular weight excluding hydrogens is 497 g/mol. The fraction of sp³-hybridized carbons (Fsp3) is 0.0833. The van der Waals surface area contributed by atoms with Gasteiger partial charge in [0.2, 0.25) is 0 Å². The van der Waals surface area contributed by atoms with E-state index in [2.05, 4.69) is 105 Å². The maximum atomic E-state index is 2.42. The first-order valence-corrected chi connectivity index (χ1v) is 13.4. The first kappa shape index (κ1) is 22.8. The van der Waals surface area contributed by atoms with Crippen LogP contribution in [0.15, 0.2) is 84.7 Å². The van der Waals surface area contributed by atoms with Gasteiger partial charge in [0.25, 0.3) is 0 Å². The molecule has 0 bridgehead atoms. The molecule has 152 valence electrons. The number of fused-ring (bicyclic) bond motifs is 2. The van der Waals surface area contributed by atoms with Crippen molar-refractivity contribution in [1.29, 1.82) is 0 Å². The molecule has 0 aliphatic heterocycles. The average molecular weight is 515 g/mol. The monoisotopic (exact) mass is 514 g/mol. The Morgan fingerprint density at radius 3 is 1.48 bits per heavy atom. The van der Waals surface area contributed by atoms with E-state index in [1.165, 1.54) is 50.4 Å². The normalized spacial score (nSPS) is 18.6. The molecule has 2 aliphatic carbocycles. The van der Waals surface area contributed by atoms with Crippen molar-refractivity contribution in [1.82, 2.24) is 8.66 Å². The van der Waals surface area contributed by atoms with Gasteiger partial charge in [0.15, 0.2) is 0 Å². The van der Waals surface area contributed by atoms with Crippen molar-refractivity contribution in [2.45, 2.75) is 8.45 Å². The summed E-state index contributed by atoms with van der Waals surface area (Å²) in [4.78, 5) is 0. The molecule has 7 heteroatoms. The number of allylic oxidation sites excluding steroid dienone is 2. The van der Waals surface area contributed by atoms with Gasteiger partial charge in [0.05, 0.1) is 0 Å². The SMILES string of the molecule is C1=C(n2cccp2)[CH]([Ti+2][CH]2C(n3cccp3)=Cc3ccccc32)c2ccccc21.[Cl-].[Cl-]. The number of nitrogens with zero attached hydrogens (tertiary/aromatic N) is 2. The third kappa shape index (κ3) is 4.07. The second-order valence-corrected chi connectivity index (χ2v) is 11.6. The molecule has 2 aromatic heterocycles. The zero-order valence-electron chi connectivity index (χ0n) is 16.4. The van der Waals surface area contributed by atoms with Crippen LogP contribution < -0.4 is 24.8 Å². The number of hydrogen-bond acceptors (Lipinski definition) is 0. The Morgan fingerprint density at radius 2 is 1.06 bits per heavy atom. The van der Waals surface area contributed by atoms with Gasteiger partial charge >= 0.3 is 183 Å². The van der Waals surface area contributed by atoms with Crippen LogP contribution in [0.1, 0.15) is 30.7 Å². The number of benzene rings is 2. The van der Waals surface area contributed by atoms with Crippen molar-refractivity contribution < 1.29 is 44.0 Å². The Hall–Kier alpha value is -1.37. The van der Waals surface area contributed by atoms with Gasteiger partial charge in [-0.25, -0.2) is 0 Å². The van der Waals surface area contributed by atoms with E-state index in [0.717, 1.165) is 0 Å². The van der Waals surface area contributed by atoms with Crippen LogP contribution in [-0.2, 0) is 19.2 Å². The largest absolute Gasteiger partial charge is 1.00 e. The number of rotatable bonds is 4. The van der Waals surface area contributed by atoms with Crippen molar-refractivity contribution in [2.75, 3.05) is 0 Å². The first-order chi connectivity index (χ1) is 14.4. The maximum Gasteiger partial charge on any atom is -1.00 e. The summed E-state index contributed by atoms with van der Waals surface area (Å²) in [5, 5.41) is 0. The molecule has 31 heavy (non-hydrogen) atoms. The van der Waals surface area contributed by atoms with Crippen LogP contribution in [0.5, 0.6) is 0 Å². The number of halogens is 2. The Kier molecular flexibility index (Phi) is 7.09. The fourth-order valence-corrected chi connectivity index (χ4v) is 9.36. The standard InChI is InChI=1S/2C12H9NP.2ClH.Ti/c2*1-2-5-11-9-12(8-10(11)4-1)13-6-3-7-14-13;;;/h2*1-9H;2*1H;/q;;;;+2/p-2. The second-order valence-electron chi connectivity index (χ2n) is 7.33. The van der Waals surface area contributed by atoms with Gasteiger partial charge in [-0.1, -0.05) is 0 Å². The molecule has 0 radical (unpaired) electrons. The molecule has 4 aromatic rings. The Labute approximate surface area is 207 Å². The van der Waals surface area contributed by atoms with Crippen molar-refractivity contribution in [3.63, 3.8) is 0 Å². The smallest absolute Gasteiger partial charge is 1.00 e. The molecule has 2 nitrogen and oxygen atoms in total. The summed E-state index contributed by atoms with van der Waals surface area (Å²) >= 11 is -0.377. The van der Waals surface area contributed by atoms with Gasteiger partial charge in [-0.05, 0) is 0 Å². The molecule has 0 fully saturated rings. The van der Waals surface area contributed by atoms with Crippen LogP contribution in [0.3, 0.4) is 0 Å². The van der Waals surface area contributed by atoms with E-state index in [1.54, 1.807) is 0 Å². The van der Waals surface area contributed by atoms with E-state index in [1.807, 2.05) is 0 Å². The molecule has 0 saturated heterocycles. The van der Waals surface area contributed by atoms with Gasteiger partial charge in [0.1, 0.15) is 0 Å². The van der Waals surface area contributed by atoms with E-state index in [4.69, 9.17) is 0 Å². The summed E-state index contributed by atoms with van der Waals surface area (Å²) in [6.07, 6.45) is 9.31. The van der Waals surface area contributed by atoms with Crippen LogP contribution in [0, 0.1) is 0 Å². The molecule has 2 aliphatic rings. The van der Waals surface area contributed by atoms with E-state index >= 15 is 0 Å². The molecular formula is C24H18Cl2N2P2Ti. The minimum absolute atomic E-state index is 0. The van der Waals surface area contributed by atoms with Crippen molar-refractivity contribution in [3.05, 3.63) is 107 Å². The maximum absolute atomic E-state index is 2.42. The fourth-order valence-electron chi connectivity index (χ4n) is 4.37. The van der Waals surface area contributed by atoms with Crippen molar-refractivity contribution in [3.8, 4) is 0 Å². The molecule has 0 amide bonds. The molecule has 2 unspecified atom stereocenters. The van der Waals surface area contributed by atoms with Gasteiger partial charge in [0, 0.05) is 0 Å². The van der Waals surface area contributed by atoms with E-state index < -0.39 is 0 Å². The zero-order chi connectivity index (χ0) is 19.2. The third-order valence-electron chi connectivity index (χ3n) is 5.68. The zero-order valence-corrected chi connectivity index (χ0v) is 21.3. The van der Waals surface area contributed by atoms with Crippen molar-refractivity contribution in [2.24, 2.45) is 0 Å². The predicted octanol–water partition coefficient (Wildman–Crippen LogP) is 1.35. The summed E-state index contributed by atoms with van der Waals surface area (Å²) in [5.41, 5.74) is 8.78. The molecule has 0 N–H and O–H groups in total. The topological polar surface area (TPSA) is 9.86 Å². The van der Waals surface area contributed by atoms with E-state index in [9.17, 15) is 0 Å². The van der Waals surface area contributed by atoms with E-state index in [0.29, 0.717) is 8.45 Å². The molecule has 2 atom stereocenters. The minimum Gasteiger partial charge on any atom is -1.00 e. The molecule has 0 spiro atoms. The Bertz CT molecular complexity index is 1150. The second kappa shape index (κ2) is 9.64. The Morgan fingerprint density at radius 1 is 0.613 bits per heavy atom. The molecule has 2 heterocycles. The third-order valence-corrected chi connectivity index (χ3v) is 10.5. The first-order valence-electron chi connectivity index (χ1n) is 9.75. The minimum atomic E-state index is -0.377. The van der Waals surface area contributed by atoms with Crippen LogP contribution in [0.2, 0.25) is 0 Å². The Balaban J connectivity index is 0.00000116. The quantitative estimate of drug-likeness (QED) is 0.364. The summed E-state index contributed by atoms with van der Waals surface area (Å²) in [6, 6.07) is 22.3. The summed E-state index contributed by atoms with van der Waals surface area (Å²) in [5.74, 6) is 4.45. The van der Waals surface area contributed by atoms with Crippen LogP contribution in [0.25, 0.3) is 23.5 Å². The van der Waals surface area contributed by atoms with Crippen LogP contribution >= 0.6 is 16.7 Å².